The number of piperazine rings is 1. The second kappa shape index (κ2) is 78.4. The van der Waals surface area contributed by atoms with E-state index in [1.807, 2.05) is 0 Å². The fourth-order valence-electron chi connectivity index (χ4n) is 14.5. The predicted octanol–water partition coefficient (Wildman–Crippen LogP) is 27.5. The van der Waals surface area contributed by atoms with Crippen molar-refractivity contribution in [2.75, 3.05) is 85.1 Å². The van der Waals surface area contributed by atoms with E-state index in [0.29, 0.717) is 6.04 Å². The molecule has 5 nitrogen and oxygen atoms in total. The van der Waals surface area contributed by atoms with Gasteiger partial charge in [0.1, 0.15) is 0 Å². The number of unbranched alkanes of at least 4 members (excludes halogenated alkanes) is 54. The van der Waals surface area contributed by atoms with E-state index in [4.69, 9.17) is 0 Å². The summed E-state index contributed by atoms with van der Waals surface area (Å²) in [6.45, 7) is 28.2. The van der Waals surface area contributed by atoms with Gasteiger partial charge in [-0.25, -0.2) is 0 Å². The van der Waals surface area contributed by atoms with Crippen LogP contribution in [0.25, 0.3) is 0 Å². The van der Waals surface area contributed by atoms with Crippen molar-refractivity contribution in [3.63, 3.8) is 0 Å². The van der Waals surface area contributed by atoms with E-state index in [0.717, 1.165) is 0 Å². The Labute approximate surface area is 588 Å². The Hall–Kier alpha value is -0.980. The Morgan fingerprint density at radius 3 is 0.753 bits per heavy atom. The number of nitrogens with zero attached hydrogens (tertiary/aromatic N) is 4. The molecule has 0 radical (unpaired) electrons. The van der Waals surface area contributed by atoms with Crippen LogP contribution in [-0.2, 0) is 0 Å². The zero-order chi connectivity index (χ0) is 66.6. The third kappa shape index (κ3) is 69.3. The Morgan fingerprint density at radius 2 is 0.473 bits per heavy atom. The van der Waals surface area contributed by atoms with Gasteiger partial charge in [0.05, 0.1) is 0 Å². The largest absolute Gasteiger partial charge is 0.313 e. The number of nitrogens with one attached hydrogen (secondary N) is 1. The summed E-state index contributed by atoms with van der Waals surface area (Å²) >= 11 is 0. The molecule has 0 aromatic carbocycles. The molecule has 1 N–H and O–H groups in total. The van der Waals surface area contributed by atoms with Crippen LogP contribution in [0.5, 0.6) is 0 Å². The molecule has 1 heterocycles. The van der Waals surface area contributed by atoms with Crippen LogP contribution in [0.2, 0.25) is 0 Å². The van der Waals surface area contributed by atoms with Crippen LogP contribution >= 0.6 is 0 Å². The Balaban J connectivity index is 2.86. The van der Waals surface area contributed by atoms with Gasteiger partial charge in [-0.15, -0.1) is 0 Å². The van der Waals surface area contributed by atoms with Gasteiger partial charge in [0.2, 0.25) is 0 Å². The topological polar surface area (TPSA) is 25.0 Å². The molecule has 1 fully saturated rings. The number of rotatable bonds is 79. The molecule has 1 atom stereocenters. The molecule has 0 spiro atoms. The minimum atomic E-state index is 0.597. The molecule has 0 saturated carbocycles. The first-order valence-corrected chi connectivity index (χ1v) is 43.7. The van der Waals surface area contributed by atoms with Crippen LogP contribution in [0.3, 0.4) is 0 Å². The summed E-state index contributed by atoms with van der Waals surface area (Å²) in [6, 6.07) is 0.597. The van der Waals surface area contributed by atoms with Crippen molar-refractivity contribution in [1.82, 2.24) is 24.9 Å². The third-order valence-electron chi connectivity index (χ3n) is 21.2. The van der Waals surface area contributed by atoms with Crippen LogP contribution in [0.15, 0.2) is 36.5 Å². The van der Waals surface area contributed by atoms with Gasteiger partial charge in [0, 0.05) is 51.9 Å². The minimum Gasteiger partial charge on any atom is -0.313 e. The van der Waals surface area contributed by atoms with E-state index in [1.165, 1.54) is 490 Å². The van der Waals surface area contributed by atoms with Crippen molar-refractivity contribution < 1.29 is 0 Å². The molecular formula is C88H175N5. The van der Waals surface area contributed by atoms with Crippen molar-refractivity contribution in [1.29, 1.82) is 0 Å². The summed E-state index contributed by atoms with van der Waals surface area (Å²) in [5.74, 6) is 0. The van der Waals surface area contributed by atoms with E-state index in [1.54, 1.807) is 0 Å². The first kappa shape index (κ1) is 90.0. The smallest absolute Gasteiger partial charge is 0.0207 e. The fourth-order valence-corrected chi connectivity index (χ4v) is 14.5. The van der Waals surface area contributed by atoms with Gasteiger partial charge in [0.15, 0.2) is 0 Å². The van der Waals surface area contributed by atoms with Crippen LogP contribution in [0.1, 0.15) is 439 Å². The zero-order valence-electron chi connectivity index (χ0n) is 65.1. The molecule has 552 valence electrons. The van der Waals surface area contributed by atoms with Crippen molar-refractivity contribution in [3.8, 4) is 0 Å². The molecule has 93 heavy (non-hydrogen) atoms. The molecule has 1 unspecified atom stereocenters. The van der Waals surface area contributed by atoms with Crippen molar-refractivity contribution >= 4 is 0 Å². The summed E-state index contributed by atoms with van der Waals surface area (Å²) in [4.78, 5) is 11.6. The van der Waals surface area contributed by atoms with E-state index < -0.39 is 0 Å². The van der Waals surface area contributed by atoms with Crippen LogP contribution in [-0.4, -0.2) is 111 Å². The molecule has 1 rings (SSSR count). The van der Waals surface area contributed by atoms with Crippen molar-refractivity contribution in [2.24, 2.45) is 0 Å². The first-order chi connectivity index (χ1) is 46.2. The number of hydrogen-bond acceptors (Lipinski definition) is 5. The summed E-state index contributed by atoms with van der Waals surface area (Å²) < 4.78 is 0. The van der Waals surface area contributed by atoms with Gasteiger partial charge in [-0.2, -0.15) is 0 Å². The number of hydrogen-bond donors (Lipinski definition) is 1. The average Bonchev–Trinajstić information content (AvgIpc) is 3.11. The first-order valence-electron chi connectivity index (χ1n) is 43.7. The van der Waals surface area contributed by atoms with E-state index in [2.05, 4.69) is 96.0 Å². The quantitative estimate of drug-likeness (QED) is 0.0483. The summed E-state index contributed by atoms with van der Waals surface area (Å²) in [7, 11) is 0. The lowest BCUT2D eigenvalue weighted by atomic mass is 10.1. The van der Waals surface area contributed by atoms with Gasteiger partial charge in [0.25, 0.3) is 0 Å². The molecule has 1 aliphatic heterocycles. The molecular weight excluding hydrogens is 1130 g/mol. The summed E-state index contributed by atoms with van der Waals surface area (Å²) in [6.07, 6.45) is 103. The second-order valence-corrected chi connectivity index (χ2v) is 30.4. The highest BCUT2D eigenvalue weighted by Crippen LogP contribution is 2.19. The maximum absolute atomic E-state index is 4.27. The predicted molar refractivity (Wildman–Crippen MR) is 424 cm³/mol. The molecule has 0 amide bonds. The molecule has 1 aliphatic rings. The Bertz CT molecular complexity index is 1380. The number of allylic oxidation sites excluding steroid dienone is 6. The molecule has 0 aromatic rings. The van der Waals surface area contributed by atoms with Gasteiger partial charge >= 0.3 is 0 Å². The highest BCUT2D eigenvalue weighted by Gasteiger charge is 2.21. The molecule has 5 heteroatoms. The van der Waals surface area contributed by atoms with Crippen molar-refractivity contribution in [3.05, 3.63) is 36.5 Å². The zero-order valence-corrected chi connectivity index (χ0v) is 65.1. The lowest BCUT2D eigenvalue weighted by molar-refractivity contribution is 0.112. The maximum Gasteiger partial charge on any atom is 0.0207 e. The Morgan fingerprint density at radius 1 is 0.247 bits per heavy atom. The Kier molecular flexibility index (Phi) is 75.9. The lowest BCUT2D eigenvalue weighted by Crippen LogP contribution is -2.50. The normalized spacial score (nSPS) is 14.0. The molecule has 0 aromatic heterocycles. The van der Waals surface area contributed by atoms with Gasteiger partial charge in [-0.1, -0.05) is 360 Å². The van der Waals surface area contributed by atoms with Crippen molar-refractivity contribution in [2.45, 2.75) is 445 Å². The van der Waals surface area contributed by atoms with E-state index >= 15 is 0 Å². The summed E-state index contributed by atoms with van der Waals surface area (Å²) in [5.41, 5.74) is 0. The standard InChI is InChI=1S/C88H175N5/c1-6-11-16-21-26-31-36-39-42-45-48-51-54-59-64-69-75-89-88(74-80-91-82-85-92(86-83-91)84-81-90(76-70-65-60-55-34-29-24-19-14-9-4)77-71-66-61-56-35-30-25-20-15-10-5)87-93(78-72-67-62-57-52-49-46-43-40-37-32-27-22-17-12-7-2)79-73-68-63-58-53-50-47-44-41-38-33-28-23-18-13-8-3/h39-44,88-89H,6-38,45-87H2,1-5H3/b42-39-,43-40-,44-41-. The van der Waals surface area contributed by atoms with Crippen LogP contribution in [0.4, 0.5) is 0 Å². The fraction of sp³-hybridized carbons (Fsp3) is 0.932. The summed E-state index contributed by atoms with van der Waals surface area (Å²) in [5, 5.41) is 4.27. The molecule has 0 bridgehead atoms. The van der Waals surface area contributed by atoms with Gasteiger partial charge < -0.3 is 20.0 Å². The van der Waals surface area contributed by atoms with Gasteiger partial charge in [-0.3, -0.25) is 4.90 Å². The highest BCUT2D eigenvalue weighted by molar-refractivity contribution is 4.84. The molecule has 1 saturated heterocycles. The SMILES string of the molecule is CCCCCCCC/C=C\CCCCCCCCNC(CCN1CCN(CCN(CCCCCCCCCCCC)CCCCCCCCCCCC)CC1)CN(CCCCCCCC/C=C\CCCCCCCC)CCCCCCCC/C=C\CCCCCCCC. The maximum atomic E-state index is 4.27. The highest BCUT2D eigenvalue weighted by atomic mass is 15.3. The van der Waals surface area contributed by atoms with Crippen LogP contribution < -0.4 is 5.32 Å². The van der Waals surface area contributed by atoms with Crippen LogP contribution in [0, 0.1) is 0 Å². The van der Waals surface area contributed by atoms with E-state index in [-0.39, 0.29) is 0 Å². The third-order valence-corrected chi connectivity index (χ3v) is 21.2. The van der Waals surface area contributed by atoms with Gasteiger partial charge in [-0.05, 0) is 155 Å². The second-order valence-electron chi connectivity index (χ2n) is 30.4. The monoisotopic (exact) mass is 1300 g/mol. The van der Waals surface area contributed by atoms with E-state index in [9.17, 15) is 0 Å². The average molecular weight is 1300 g/mol. The molecule has 0 aliphatic carbocycles. The lowest BCUT2D eigenvalue weighted by Gasteiger charge is -2.37. The minimum absolute atomic E-state index is 0.597.